The second-order valence-electron chi connectivity index (χ2n) is 4.36. The lowest BCUT2D eigenvalue weighted by Gasteiger charge is -2.06. The number of carbonyl (C=O) groups excluding carboxylic acids is 2. The average molecular weight is 278 g/mol. The third kappa shape index (κ3) is 6.10. The van der Waals surface area contributed by atoms with Crippen LogP contribution in [0.4, 0.5) is 5.69 Å². The van der Waals surface area contributed by atoms with E-state index in [1.807, 2.05) is 0 Å². The van der Waals surface area contributed by atoms with Crippen molar-refractivity contribution in [2.24, 2.45) is 0 Å². The molecule has 0 aliphatic carbocycles. The van der Waals surface area contributed by atoms with Gasteiger partial charge in [0.2, 0.25) is 5.91 Å². The van der Waals surface area contributed by atoms with Crippen LogP contribution in [-0.2, 0) is 9.59 Å². The second-order valence-corrected chi connectivity index (χ2v) is 4.36. The fourth-order valence-corrected chi connectivity index (χ4v) is 1.56. The van der Waals surface area contributed by atoms with Gasteiger partial charge in [-0.2, -0.15) is 0 Å². The van der Waals surface area contributed by atoms with Gasteiger partial charge in [0.1, 0.15) is 0 Å². The van der Waals surface area contributed by atoms with Gasteiger partial charge in [0.25, 0.3) is 0 Å². The smallest absolute Gasteiger partial charge is 0.303 e. The molecule has 0 radical (unpaired) electrons. The molecule has 0 saturated carbocycles. The van der Waals surface area contributed by atoms with Gasteiger partial charge in [0.05, 0.1) is 6.54 Å². The van der Waals surface area contributed by atoms with Crippen molar-refractivity contribution in [1.29, 1.82) is 0 Å². The number of benzene rings is 1. The summed E-state index contributed by atoms with van der Waals surface area (Å²) in [6, 6.07) is 6.63. The van der Waals surface area contributed by atoms with Crippen LogP contribution < -0.4 is 10.6 Å². The predicted octanol–water partition coefficient (Wildman–Crippen LogP) is 1.28. The maximum absolute atomic E-state index is 11.6. The van der Waals surface area contributed by atoms with Gasteiger partial charge in [-0.25, -0.2) is 0 Å². The summed E-state index contributed by atoms with van der Waals surface area (Å²) < 4.78 is 0. The normalized spacial score (nSPS) is 10.1. The van der Waals surface area contributed by atoms with E-state index in [1.165, 1.54) is 6.92 Å². The van der Waals surface area contributed by atoms with Crippen molar-refractivity contribution in [2.75, 3.05) is 18.4 Å². The number of hydrogen-bond donors (Lipinski definition) is 3. The summed E-state index contributed by atoms with van der Waals surface area (Å²) in [5.41, 5.74) is 1.21. The van der Waals surface area contributed by atoms with E-state index in [0.717, 1.165) is 0 Å². The maximum Gasteiger partial charge on any atom is 0.303 e. The molecule has 0 atom stereocenters. The lowest BCUT2D eigenvalue weighted by atomic mass is 10.1. The minimum Gasteiger partial charge on any atom is -0.481 e. The molecule has 3 N–H and O–H groups in total. The fraction of sp³-hybridized carbons (Fsp3) is 0.357. The third-order valence-electron chi connectivity index (χ3n) is 2.60. The van der Waals surface area contributed by atoms with E-state index in [0.29, 0.717) is 24.2 Å². The zero-order valence-corrected chi connectivity index (χ0v) is 11.3. The van der Waals surface area contributed by atoms with Crippen LogP contribution in [0.25, 0.3) is 0 Å². The predicted molar refractivity (Wildman–Crippen MR) is 74.8 cm³/mol. The summed E-state index contributed by atoms with van der Waals surface area (Å²) in [5.74, 6) is -1.08. The third-order valence-corrected chi connectivity index (χ3v) is 2.60. The van der Waals surface area contributed by atoms with E-state index < -0.39 is 5.97 Å². The lowest BCUT2D eigenvalue weighted by molar-refractivity contribution is -0.137. The van der Waals surface area contributed by atoms with Crippen molar-refractivity contribution in [2.45, 2.75) is 19.8 Å². The number of amides is 1. The first-order valence-corrected chi connectivity index (χ1v) is 6.32. The number of aliphatic carboxylic acids is 1. The van der Waals surface area contributed by atoms with Crippen molar-refractivity contribution < 1.29 is 19.5 Å². The van der Waals surface area contributed by atoms with Gasteiger partial charge in [-0.1, -0.05) is 0 Å². The summed E-state index contributed by atoms with van der Waals surface area (Å²) >= 11 is 0. The van der Waals surface area contributed by atoms with Gasteiger partial charge >= 0.3 is 5.97 Å². The first kappa shape index (κ1) is 15.8. The maximum atomic E-state index is 11.6. The molecule has 6 nitrogen and oxygen atoms in total. The highest BCUT2D eigenvalue weighted by molar-refractivity contribution is 5.96. The van der Waals surface area contributed by atoms with Crippen LogP contribution >= 0.6 is 0 Å². The van der Waals surface area contributed by atoms with Crippen LogP contribution in [0, 0.1) is 0 Å². The SMILES string of the molecule is CC(=O)c1ccc(NC(=O)CNCCCC(=O)O)cc1. The Balaban J connectivity index is 2.28. The molecule has 1 aromatic carbocycles. The Hall–Kier alpha value is -2.21. The molecule has 0 bridgehead atoms. The molecule has 0 unspecified atom stereocenters. The molecule has 0 saturated heterocycles. The van der Waals surface area contributed by atoms with Gasteiger partial charge in [-0.3, -0.25) is 14.4 Å². The van der Waals surface area contributed by atoms with Gasteiger partial charge in [-0.05, 0) is 44.2 Å². The van der Waals surface area contributed by atoms with Crippen LogP contribution in [0.5, 0.6) is 0 Å². The van der Waals surface area contributed by atoms with E-state index in [2.05, 4.69) is 10.6 Å². The Morgan fingerprint density at radius 1 is 1.15 bits per heavy atom. The van der Waals surface area contributed by atoms with Crippen LogP contribution in [-0.4, -0.2) is 35.9 Å². The van der Waals surface area contributed by atoms with Gasteiger partial charge in [0, 0.05) is 17.7 Å². The Morgan fingerprint density at radius 2 is 1.80 bits per heavy atom. The topological polar surface area (TPSA) is 95.5 Å². The molecule has 0 aliphatic heterocycles. The van der Waals surface area contributed by atoms with E-state index >= 15 is 0 Å². The molecule has 0 fully saturated rings. The Morgan fingerprint density at radius 3 is 2.35 bits per heavy atom. The van der Waals surface area contributed by atoms with Crippen LogP contribution in [0.15, 0.2) is 24.3 Å². The monoisotopic (exact) mass is 278 g/mol. The summed E-state index contributed by atoms with van der Waals surface area (Å²) in [4.78, 5) is 32.9. The van der Waals surface area contributed by atoms with E-state index in [1.54, 1.807) is 24.3 Å². The summed E-state index contributed by atoms with van der Waals surface area (Å²) in [7, 11) is 0. The molecule has 20 heavy (non-hydrogen) atoms. The van der Waals surface area contributed by atoms with E-state index in [-0.39, 0.29) is 24.7 Å². The lowest BCUT2D eigenvalue weighted by Crippen LogP contribution is -2.29. The molecule has 0 aliphatic rings. The summed E-state index contributed by atoms with van der Waals surface area (Å²) in [5, 5.41) is 14.0. The first-order chi connectivity index (χ1) is 9.49. The van der Waals surface area contributed by atoms with Gasteiger partial charge in [-0.15, -0.1) is 0 Å². The quantitative estimate of drug-likeness (QED) is 0.492. The highest BCUT2D eigenvalue weighted by Gasteiger charge is 2.03. The number of ketones is 1. The number of rotatable bonds is 8. The first-order valence-electron chi connectivity index (χ1n) is 6.32. The van der Waals surface area contributed by atoms with Crippen LogP contribution in [0.3, 0.4) is 0 Å². The molecule has 108 valence electrons. The van der Waals surface area contributed by atoms with Gasteiger partial charge in [0.15, 0.2) is 5.78 Å². The van der Waals surface area contributed by atoms with Crippen molar-refractivity contribution in [1.82, 2.24) is 5.32 Å². The molecule has 6 heteroatoms. The average Bonchev–Trinajstić information content (AvgIpc) is 2.38. The number of nitrogens with one attached hydrogen (secondary N) is 2. The minimum atomic E-state index is -0.846. The Labute approximate surface area is 117 Å². The van der Waals surface area contributed by atoms with Crippen molar-refractivity contribution >= 4 is 23.3 Å². The molecule has 0 spiro atoms. The largest absolute Gasteiger partial charge is 0.481 e. The summed E-state index contributed by atoms with van der Waals surface area (Å²) in [6.07, 6.45) is 0.567. The Bertz CT molecular complexity index is 482. The zero-order valence-electron chi connectivity index (χ0n) is 11.3. The molecule has 1 amide bonds. The fourth-order valence-electron chi connectivity index (χ4n) is 1.56. The number of hydrogen-bond acceptors (Lipinski definition) is 4. The molecule has 0 heterocycles. The number of carboxylic acid groups (broad SMARTS) is 1. The zero-order chi connectivity index (χ0) is 15.0. The second kappa shape index (κ2) is 8.06. The van der Waals surface area contributed by atoms with Crippen LogP contribution in [0.2, 0.25) is 0 Å². The standard InChI is InChI=1S/C14H18N2O4/c1-10(17)11-4-6-12(7-5-11)16-13(18)9-15-8-2-3-14(19)20/h4-7,15H,2-3,8-9H2,1H3,(H,16,18)(H,19,20). The molecule has 0 aromatic heterocycles. The minimum absolute atomic E-state index is 0.0250. The van der Waals surface area contributed by atoms with Crippen molar-refractivity contribution in [3.05, 3.63) is 29.8 Å². The number of carbonyl (C=O) groups is 3. The summed E-state index contributed by atoms with van der Waals surface area (Å²) in [6.45, 7) is 2.08. The van der Waals surface area contributed by atoms with E-state index in [4.69, 9.17) is 5.11 Å². The molecular weight excluding hydrogens is 260 g/mol. The van der Waals surface area contributed by atoms with Crippen LogP contribution in [0.1, 0.15) is 30.1 Å². The molecular formula is C14H18N2O4. The molecule has 1 rings (SSSR count). The number of carboxylic acids is 1. The highest BCUT2D eigenvalue weighted by Crippen LogP contribution is 2.09. The molecule has 1 aromatic rings. The highest BCUT2D eigenvalue weighted by atomic mass is 16.4. The van der Waals surface area contributed by atoms with E-state index in [9.17, 15) is 14.4 Å². The van der Waals surface area contributed by atoms with Crippen molar-refractivity contribution in [3.8, 4) is 0 Å². The Kier molecular flexibility index (Phi) is 6.39. The van der Waals surface area contributed by atoms with Gasteiger partial charge < -0.3 is 15.7 Å². The van der Waals surface area contributed by atoms with Crippen molar-refractivity contribution in [3.63, 3.8) is 0 Å². The number of Topliss-reactive ketones (excluding diaryl/α,β-unsaturated/α-hetero) is 1. The number of anilines is 1.